The number of anilines is 1. The van der Waals surface area contributed by atoms with Gasteiger partial charge >= 0.3 is 0 Å². The Bertz CT molecular complexity index is 987. The SMILES string of the molecule is CCN(CC)S(=O)(=O)c1ccc(NN=C(C)c2ccc(Br)cc2)c([N+](=O)[O-])c1. The van der Waals surface area contributed by atoms with E-state index in [4.69, 9.17) is 0 Å². The van der Waals surface area contributed by atoms with Gasteiger partial charge in [0.25, 0.3) is 5.69 Å². The van der Waals surface area contributed by atoms with Crippen LogP contribution in [0.5, 0.6) is 0 Å². The predicted octanol–water partition coefficient (Wildman–Crippen LogP) is 4.22. The number of hydrogen-bond donors (Lipinski definition) is 1. The molecular weight excluding hydrogens is 448 g/mol. The third-order valence-electron chi connectivity index (χ3n) is 4.12. The first-order chi connectivity index (χ1) is 13.2. The lowest BCUT2D eigenvalue weighted by Gasteiger charge is -2.18. The van der Waals surface area contributed by atoms with Crippen LogP contribution in [-0.2, 0) is 10.0 Å². The Labute approximate surface area is 172 Å². The summed E-state index contributed by atoms with van der Waals surface area (Å²) in [6.45, 7) is 5.75. The normalized spacial score (nSPS) is 12.2. The standard InChI is InChI=1S/C18H21BrN4O4S/c1-4-22(5-2)28(26,27)16-10-11-17(18(12-16)23(24)25)21-20-13(3)14-6-8-15(19)9-7-14/h6-12,21H,4-5H2,1-3H3. The Morgan fingerprint density at radius 1 is 1.18 bits per heavy atom. The Morgan fingerprint density at radius 3 is 2.32 bits per heavy atom. The maximum absolute atomic E-state index is 12.6. The molecule has 2 aromatic carbocycles. The summed E-state index contributed by atoms with van der Waals surface area (Å²) in [6, 6.07) is 11.2. The molecule has 0 unspecified atom stereocenters. The van der Waals surface area contributed by atoms with Gasteiger partial charge in [0.1, 0.15) is 5.69 Å². The van der Waals surface area contributed by atoms with E-state index in [0.717, 1.165) is 16.1 Å². The molecule has 0 saturated heterocycles. The molecule has 0 heterocycles. The number of nitrogens with one attached hydrogen (secondary N) is 1. The average Bonchev–Trinajstić information content (AvgIpc) is 2.67. The fourth-order valence-electron chi connectivity index (χ4n) is 2.53. The van der Waals surface area contributed by atoms with Crippen LogP contribution in [0.2, 0.25) is 0 Å². The quantitative estimate of drug-likeness (QED) is 0.354. The van der Waals surface area contributed by atoms with Crippen molar-refractivity contribution in [1.29, 1.82) is 0 Å². The van der Waals surface area contributed by atoms with Gasteiger partial charge in [-0.1, -0.05) is 41.9 Å². The van der Waals surface area contributed by atoms with Crippen LogP contribution >= 0.6 is 15.9 Å². The van der Waals surface area contributed by atoms with E-state index < -0.39 is 14.9 Å². The van der Waals surface area contributed by atoms with Gasteiger partial charge in [-0.25, -0.2) is 8.42 Å². The van der Waals surface area contributed by atoms with E-state index in [0.29, 0.717) is 5.71 Å². The molecule has 150 valence electrons. The molecule has 0 amide bonds. The van der Waals surface area contributed by atoms with Crippen LogP contribution in [0.25, 0.3) is 0 Å². The molecule has 10 heteroatoms. The second kappa shape index (κ2) is 9.26. The van der Waals surface area contributed by atoms with Crippen LogP contribution in [-0.4, -0.2) is 36.4 Å². The lowest BCUT2D eigenvalue weighted by molar-refractivity contribution is -0.384. The summed E-state index contributed by atoms with van der Waals surface area (Å²) in [5.41, 5.74) is 3.89. The van der Waals surface area contributed by atoms with Crippen molar-refractivity contribution in [3.63, 3.8) is 0 Å². The highest BCUT2D eigenvalue weighted by Crippen LogP contribution is 2.29. The van der Waals surface area contributed by atoms with Crippen molar-refractivity contribution in [1.82, 2.24) is 4.31 Å². The van der Waals surface area contributed by atoms with Crippen molar-refractivity contribution in [2.24, 2.45) is 5.10 Å². The molecule has 8 nitrogen and oxygen atoms in total. The lowest BCUT2D eigenvalue weighted by Crippen LogP contribution is -2.30. The highest BCUT2D eigenvalue weighted by atomic mass is 79.9. The van der Waals surface area contributed by atoms with Crippen molar-refractivity contribution >= 4 is 43.0 Å². The summed E-state index contributed by atoms with van der Waals surface area (Å²) in [5.74, 6) is 0. The van der Waals surface area contributed by atoms with Crippen LogP contribution in [0.3, 0.4) is 0 Å². The second-order valence-corrected chi connectivity index (χ2v) is 8.69. The van der Waals surface area contributed by atoms with E-state index in [-0.39, 0.29) is 29.4 Å². The first kappa shape index (κ1) is 22.0. The van der Waals surface area contributed by atoms with E-state index in [1.54, 1.807) is 20.8 Å². The van der Waals surface area contributed by atoms with Crippen LogP contribution in [0, 0.1) is 10.1 Å². The zero-order chi connectivity index (χ0) is 20.9. The molecule has 28 heavy (non-hydrogen) atoms. The topological polar surface area (TPSA) is 105 Å². The maximum Gasteiger partial charge on any atom is 0.295 e. The van der Waals surface area contributed by atoms with Crippen molar-refractivity contribution in [3.05, 3.63) is 62.6 Å². The monoisotopic (exact) mass is 468 g/mol. The minimum Gasteiger partial charge on any atom is -0.271 e. The van der Waals surface area contributed by atoms with E-state index in [1.165, 1.54) is 16.4 Å². The lowest BCUT2D eigenvalue weighted by atomic mass is 10.1. The minimum atomic E-state index is -3.79. The predicted molar refractivity (Wildman–Crippen MR) is 113 cm³/mol. The van der Waals surface area contributed by atoms with Crippen LogP contribution in [0.15, 0.2) is 56.9 Å². The van der Waals surface area contributed by atoms with Crippen LogP contribution in [0.4, 0.5) is 11.4 Å². The summed E-state index contributed by atoms with van der Waals surface area (Å²) in [7, 11) is -3.79. The van der Waals surface area contributed by atoms with Gasteiger partial charge in [0.15, 0.2) is 0 Å². The number of hydrogen-bond acceptors (Lipinski definition) is 6. The number of benzene rings is 2. The van der Waals surface area contributed by atoms with Gasteiger partial charge in [-0.3, -0.25) is 15.5 Å². The van der Waals surface area contributed by atoms with Crippen LogP contribution in [0.1, 0.15) is 26.3 Å². The second-order valence-electron chi connectivity index (χ2n) is 5.84. The van der Waals surface area contributed by atoms with Gasteiger partial charge in [0, 0.05) is 23.6 Å². The molecule has 0 fully saturated rings. The van der Waals surface area contributed by atoms with Crippen LogP contribution < -0.4 is 5.43 Å². The molecule has 0 aliphatic heterocycles. The molecule has 0 radical (unpaired) electrons. The van der Waals surface area contributed by atoms with Gasteiger partial charge in [-0.05, 0) is 36.8 Å². The summed E-state index contributed by atoms with van der Waals surface area (Å²) >= 11 is 3.36. The third-order valence-corrected chi connectivity index (χ3v) is 6.69. The number of nitrogens with zero attached hydrogens (tertiary/aromatic N) is 3. The van der Waals surface area contributed by atoms with Crippen molar-refractivity contribution < 1.29 is 13.3 Å². The Balaban J connectivity index is 2.37. The van der Waals surface area contributed by atoms with E-state index >= 15 is 0 Å². The van der Waals surface area contributed by atoms with Gasteiger partial charge in [-0.2, -0.15) is 9.41 Å². The number of nitro groups is 1. The fourth-order valence-corrected chi connectivity index (χ4v) is 4.27. The van der Waals surface area contributed by atoms with E-state index in [9.17, 15) is 18.5 Å². The zero-order valence-electron chi connectivity index (χ0n) is 15.7. The molecule has 0 aliphatic rings. The highest BCUT2D eigenvalue weighted by Gasteiger charge is 2.25. The Hall–Kier alpha value is -2.30. The van der Waals surface area contributed by atoms with Gasteiger partial charge < -0.3 is 0 Å². The number of rotatable bonds is 8. The largest absolute Gasteiger partial charge is 0.295 e. The molecule has 0 bridgehead atoms. The molecular formula is C18H21BrN4O4S. The molecule has 0 aromatic heterocycles. The van der Waals surface area contributed by atoms with Gasteiger partial charge in [-0.15, -0.1) is 0 Å². The van der Waals surface area contributed by atoms with Crippen molar-refractivity contribution in [2.75, 3.05) is 18.5 Å². The van der Waals surface area contributed by atoms with Gasteiger partial charge in [0.2, 0.25) is 10.0 Å². The fraction of sp³-hybridized carbons (Fsp3) is 0.278. The minimum absolute atomic E-state index is 0.111. The summed E-state index contributed by atoms with van der Waals surface area (Å²) in [6.07, 6.45) is 0. The van der Waals surface area contributed by atoms with E-state index in [2.05, 4.69) is 26.5 Å². The highest BCUT2D eigenvalue weighted by molar-refractivity contribution is 9.10. The number of hydrazone groups is 1. The molecule has 1 N–H and O–H groups in total. The Morgan fingerprint density at radius 2 is 1.79 bits per heavy atom. The number of nitro benzene ring substituents is 1. The van der Waals surface area contributed by atoms with Crippen molar-refractivity contribution in [3.8, 4) is 0 Å². The third kappa shape index (κ3) is 4.94. The van der Waals surface area contributed by atoms with Crippen molar-refractivity contribution in [2.45, 2.75) is 25.7 Å². The molecule has 0 aliphatic carbocycles. The molecule has 0 spiro atoms. The zero-order valence-corrected chi connectivity index (χ0v) is 18.1. The molecule has 2 aromatic rings. The molecule has 0 atom stereocenters. The summed E-state index contributed by atoms with van der Waals surface area (Å²) in [4.78, 5) is 10.7. The van der Waals surface area contributed by atoms with E-state index in [1.807, 2.05) is 24.3 Å². The summed E-state index contributed by atoms with van der Waals surface area (Å²) < 4.78 is 27.4. The average molecular weight is 469 g/mol. The first-order valence-corrected chi connectivity index (χ1v) is 10.8. The molecule has 2 rings (SSSR count). The molecule has 0 saturated carbocycles. The maximum atomic E-state index is 12.6. The number of sulfonamides is 1. The summed E-state index contributed by atoms with van der Waals surface area (Å²) in [5, 5.41) is 15.6. The number of halogens is 1. The Kier molecular flexibility index (Phi) is 7.28. The van der Waals surface area contributed by atoms with Gasteiger partial charge in [0.05, 0.1) is 15.5 Å². The smallest absolute Gasteiger partial charge is 0.271 e. The first-order valence-electron chi connectivity index (χ1n) is 8.55.